The number of aliphatic hydroxyl groups is 1. The van der Waals surface area contributed by atoms with Gasteiger partial charge in [-0.15, -0.1) is 0 Å². The van der Waals surface area contributed by atoms with E-state index in [0.29, 0.717) is 17.6 Å². The Morgan fingerprint density at radius 1 is 1.08 bits per heavy atom. The van der Waals surface area contributed by atoms with Crippen molar-refractivity contribution in [3.63, 3.8) is 0 Å². The van der Waals surface area contributed by atoms with Crippen molar-refractivity contribution in [1.82, 2.24) is 19.9 Å². The maximum atomic E-state index is 10.1. The minimum absolute atomic E-state index is 0.237. The summed E-state index contributed by atoms with van der Waals surface area (Å²) in [6, 6.07) is 12.5. The minimum atomic E-state index is -0.237. The highest BCUT2D eigenvalue weighted by Gasteiger charge is 2.24. The number of benzene rings is 2. The smallest absolute Gasteiger partial charge is 0.227 e. The number of β-amino-alcohol motifs (C(OH)–C–C–N with tert-alkyl or cyclic N) is 1. The molecule has 0 unspecified atom stereocenters. The molecule has 2 aliphatic rings. The van der Waals surface area contributed by atoms with Gasteiger partial charge in [0.1, 0.15) is 0 Å². The molecule has 1 atom stereocenters. The molecule has 2 aromatic carbocycles. The van der Waals surface area contributed by atoms with Crippen LogP contribution in [0.3, 0.4) is 0 Å². The highest BCUT2D eigenvalue weighted by Crippen LogP contribution is 2.35. The van der Waals surface area contributed by atoms with E-state index in [1.165, 1.54) is 11.1 Å². The van der Waals surface area contributed by atoms with E-state index in [9.17, 15) is 5.11 Å². The molecule has 6 rings (SSSR count). The van der Waals surface area contributed by atoms with Crippen molar-refractivity contribution in [2.75, 3.05) is 37.4 Å². The summed E-state index contributed by atoms with van der Waals surface area (Å²) < 4.78 is 5.62. The quantitative estimate of drug-likeness (QED) is 0.318. The maximum absolute atomic E-state index is 10.1. The summed E-state index contributed by atoms with van der Waals surface area (Å²) in [4.78, 5) is 16.2. The van der Waals surface area contributed by atoms with Crippen LogP contribution in [-0.4, -0.2) is 57.4 Å². The third-order valence-electron chi connectivity index (χ3n) is 7.82. The first kappa shape index (κ1) is 24.7. The van der Waals surface area contributed by atoms with Crippen molar-refractivity contribution < 1.29 is 9.84 Å². The number of hydrogen-bond donors (Lipinski definition) is 3. The first-order valence-corrected chi connectivity index (χ1v) is 13.4. The Hall–Kier alpha value is -3.59. The van der Waals surface area contributed by atoms with Crippen molar-refractivity contribution in [3.05, 3.63) is 71.7 Å². The number of aromatic nitrogens is 3. The van der Waals surface area contributed by atoms with Gasteiger partial charge in [0, 0.05) is 79.3 Å². The summed E-state index contributed by atoms with van der Waals surface area (Å²) in [5.41, 5.74) is 14.5. The van der Waals surface area contributed by atoms with Crippen LogP contribution in [0.5, 0.6) is 0 Å². The van der Waals surface area contributed by atoms with E-state index < -0.39 is 0 Å². The van der Waals surface area contributed by atoms with Gasteiger partial charge in [-0.25, -0.2) is 9.97 Å². The van der Waals surface area contributed by atoms with Gasteiger partial charge in [-0.1, -0.05) is 12.1 Å². The fourth-order valence-electron chi connectivity index (χ4n) is 5.72. The maximum Gasteiger partial charge on any atom is 0.227 e. The molecule has 0 saturated carbocycles. The summed E-state index contributed by atoms with van der Waals surface area (Å²) in [6.45, 7) is 6.13. The van der Waals surface area contributed by atoms with Gasteiger partial charge in [0.15, 0.2) is 0 Å². The normalized spacial score (nSPS) is 18.7. The summed E-state index contributed by atoms with van der Waals surface area (Å²) in [6.07, 6.45) is 8.12. The Kier molecular flexibility index (Phi) is 6.93. The topological polar surface area (TPSA) is 109 Å². The van der Waals surface area contributed by atoms with Gasteiger partial charge in [0.25, 0.3) is 0 Å². The Bertz CT molecular complexity index is 1450. The van der Waals surface area contributed by atoms with Crippen LogP contribution < -0.4 is 11.1 Å². The third kappa shape index (κ3) is 5.07. The molecule has 2 saturated heterocycles. The molecule has 38 heavy (non-hydrogen) atoms. The van der Waals surface area contributed by atoms with Crippen LogP contribution in [0.1, 0.15) is 41.9 Å². The van der Waals surface area contributed by atoms with Crippen molar-refractivity contribution in [3.8, 4) is 11.1 Å². The molecule has 0 aliphatic carbocycles. The van der Waals surface area contributed by atoms with E-state index >= 15 is 0 Å². The van der Waals surface area contributed by atoms with Crippen LogP contribution in [-0.2, 0) is 11.3 Å². The van der Waals surface area contributed by atoms with Gasteiger partial charge < -0.3 is 20.9 Å². The summed E-state index contributed by atoms with van der Waals surface area (Å²) in [5.74, 6) is 1.01. The van der Waals surface area contributed by atoms with E-state index in [4.69, 9.17) is 15.5 Å². The van der Waals surface area contributed by atoms with Crippen molar-refractivity contribution in [2.24, 2.45) is 0 Å². The molecule has 8 nitrogen and oxygen atoms in total. The Balaban J connectivity index is 1.34. The Morgan fingerprint density at radius 3 is 2.74 bits per heavy atom. The van der Waals surface area contributed by atoms with Crippen molar-refractivity contribution in [2.45, 2.75) is 44.8 Å². The molecule has 0 amide bonds. The standard InChI is InChI=1S/C30H34N6O2/c1-19-6-10-32-15-26(19)25-4-5-28(31)27-16-33-30(35-29(25)27)34-22-2-3-24(20-8-12-38-13-9-20)21(14-22)17-36-11-7-23(37)18-36/h2-6,10,14-16,20,23,37H,7-9,11-13,17-18,31H2,1H3,(H,33,34,35)/t23-/m1/s1. The van der Waals surface area contributed by atoms with Crippen LogP contribution in [0.25, 0.3) is 22.0 Å². The van der Waals surface area contributed by atoms with E-state index in [0.717, 1.165) is 85.4 Å². The highest BCUT2D eigenvalue weighted by molar-refractivity contribution is 6.00. The lowest BCUT2D eigenvalue weighted by Gasteiger charge is -2.27. The van der Waals surface area contributed by atoms with Gasteiger partial charge in [-0.3, -0.25) is 9.88 Å². The first-order valence-electron chi connectivity index (χ1n) is 13.4. The number of fused-ring (bicyclic) bond motifs is 1. The number of nitrogen functional groups attached to an aromatic ring is 1. The second-order valence-electron chi connectivity index (χ2n) is 10.5. The summed E-state index contributed by atoms with van der Waals surface area (Å²) >= 11 is 0. The molecule has 0 radical (unpaired) electrons. The fraction of sp³-hybridized carbons (Fsp3) is 0.367. The molecule has 4 N–H and O–H groups in total. The second-order valence-corrected chi connectivity index (χ2v) is 10.5. The predicted octanol–water partition coefficient (Wildman–Crippen LogP) is 4.79. The Labute approximate surface area is 222 Å². The molecule has 4 aromatic rings. The Morgan fingerprint density at radius 2 is 1.95 bits per heavy atom. The van der Waals surface area contributed by atoms with Gasteiger partial charge >= 0.3 is 0 Å². The molecule has 8 heteroatoms. The zero-order valence-electron chi connectivity index (χ0n) is 21.7. The first-order chi connectivity index (χ1) is 18.5. The fourth-order valence-corrected chi connectivity index (χ4v) is 5.72. The highest BCUT2D eigenvalue weighted by atomic mass is 16.5. The van der Waals surface area contributed by atoms with Crippen molar-refractivity contribution in [1.29, 1.82) is 0 Å². The van der Waals surface area contributed by atoms with Crippen LogP contribution in [0.4, 0.5) is 17.3 Å². The average Bonchev–Trinajstić information content (AvgIpc) is 3.34. The lowest BCUT2D eigenvalue weighted by Crippen LogP contribution is -2.23. The van der Waals surface area contributed by atoms with E-state index in [1.807, 2.05) is 24.4 Å². The molecule has 4 heterocycles. The number of likely N-dealkylation sites (tertiary alicyclic amines) is 1. The van der Waals surface area contributed by atoms with E-state index in [1.54, 1.807) is 12.4 Å². The van der Waals surface area contributed by atoms with Gasteiger partial charge in [0.2, 0.25) is 5.95 Å². The van der Waals surface area contributed by atoms with Crippen LogP contribution >= 0.6 is 0 Å². The number of aliphatic hydroxyl groups excluding tert-OH is 1. The van der Waals surface area contributed by atoms with Crippen LogP contribution in [0, 0.1) is 6.92 Å². The molecular formula is C30H34N6O2. The lowest BCUT2D eigenvalue weighted by molar-refractivity contribution is 0.0850. The molecule has 196 valence electrons. The molecule has 2 fully saturated rings. The van der Waals surface area contributed by atoms with Crippen molar-refractivity contribution >= 4 is 28.2 Å². The number of ether oxygens (including phenoxy) is 1. The number of pyridine rings is 1. The second kappa shape index (κ2) is 10.6. The lowest BCUT2D eigenvalue weighted by atomic mass is 9.88. The zero-order chi connectivity index (χ0) is 26.1. The number of aryl methyl sites for hydroxylation is 1. The number of rotatable bonds is 6. The molecule has 0 spiro atoms. The number of hydrogen-bond acceptors (Lipinski definition) is 8. The third-order valence-corrected chi connectivity index (χ3v) is 7.82. The number of nitrogens with two attached hydrogens (primary N) is 1. The molecular weight excluding hydrogens is 476 g/mol. The van der Waals surface area contributed by atoms with Gasteiger partial charge in [-0.05, 0) is 73.1 Å². The van der Waals surface area contributed by atoms with E-state index in [-0.39, 0.29) is 6.10 Å². The molecule has 2 aromatic heterocycles. The predicted molar refractivity (Wildman–Crippen MR) is 150 cm³/mol. The minimum Gasteiger partial charge on any atom is -0.398 e. The molecule has 0 bridgehead atoms. The van der Waals surface area contributed by atoms with Gasteiger partial charge in [0.05, 0.1) is 11.6 Å². The zero-order valence-corrected chi connectivity index (χ0v) is 21.7. The average molecular weight is 511 g/mol. The number of nitrogens with one attached hydrogen (secondary N) is 1. The largest absolute Gasteiger partial charge is 0.398 e. The number of nitrogens with zero attached hydrogens (tertiary/aromatic N) is 4. The van der Waals surface area contributed by atoms with Gasteiger partial charge in [-0.2, -0.15) is 0 Å². The summed E-state index contributed by atoms with van der Waals surface area (Å²) in [7, 11) is 0. The van der Waals surface area contributed by atoms with Crippen LogP contribution in [0.15, 0.2) is 55.0 Å². The summed E-state index contributed by atoms with van der Waals surface area (Å²) in [5, 5.41) is 14.3. The van der Waals surface area contributed by atoms with Crippen LogP contribution in [0.2, 0.25) is 0 Å². The molecule has 2 aliphatic heterocycles. The van der Waals surface area contributed by atoms with E-state index in [2.05, 4.69) is 45.3 Å². The number of anilines is 3. The monoisotopic (exact) mass is 510 g/mol. The SMILES string of the molecule is Cc1ccncc1-c1ccc(N)c2cnc(Nc3ccc(C4CCOCC4)c(CN4CC[C@@H](O)C4)c3)nc12.